The second kappa shape index (κ2) is 8.75. The summed E-state index contributed by atoms with van der Waals surface area (Å²) in [5, 5.41) is 0. The van der Waals surface area contributed by atoms with Crippen LogP contribution < -0.4 is 0 Å². The number of aryl methyl sites for hydroxylation is 1. The Bertz CT molecular complexity index is 1360. The molecule has 4 aromatic carbocycles. The van der Waals surface area contributed by atoms with E-state index >= 15 is 0 Å². The maximum Gasteiger partial charge on any atom is 0.200 e. The summed E-state index contributed by atoms with van der Waals surface area (Å²) in [6, 6.07) is 8.64. The van der Waals surface area contributed by atoms with Gasteiger partial charge in [0, 0.05) is 0 Å². The summed E-state index contributed by atoms with van der Waals surface area (Å²) in [5.41, 5.74) is -3.54. The first-order valence-corrected chi connectivity index (χ1v) is 9.69. The van der Waals surface area contributed by atoms with Gasteiger partial charge in [-0.1, -0.05) is 29.8 Å². The topological polar surface area (TPSA) is 0 Å². The molecule has 35 heavy (non-hydrogen) atoms. The number of halogens is 10. The average Bonchev–Trinajstić information content (AvgIpc) is 2.84. The number of hydrogen-bond acceptors (Lipinski definition) is 0. The van der Waals surface area contributed by atoms with Crippen molar-refractivity contribution in [3.05, 3.63) is 106 Å². The molecule has 0 radical (unpaired) electrons. The monoisotopic (exact) mass is 500 g/mol. The predicted octanol–water partition coefficient (Wildman–Crippen LogP) is 8.39. The molecule has 10 heteroatoms. The maximum absolute atomic E-state index is 14.5. The van der Waals surface area contributed by atoms with Crippen LogP contribution in [0.5, 0.6) is 0 Å². The quantitative estimate of drug-likeness (QED) is 0.151. The molecule has 4 aromatic rings. The van der Waals surface area contributed by atoms with Crippen molar-refractivity contribution < 1.29 is 43.9 Å². The number of rotatable bonds is 3. The van der Waals surface area contributed by atoms with Gasteiger partial charge in [0.05, 0.1) is 11.1 Å². The van der Waals surface area contributed by atoms with Gasteiger partial charge in [-0.15, -0.1) is 0 Å². The van der Waals surface area contributed by atoms with Crippen molar-refractivity contribution >= 4 is 0 Å². The van der Waals surface area contributed by atoms with Gasteiger partial charge in [-0.3, -0.25) is 0 Å². The van der Waals surface area contributed by atoms with Crippen molar-refractivity contribution in [2.75, 3.05) is 0 Å². The minimum Gasteiger partial charge on any atom is -0.203 e. The van der Waals surface area contributed by atoms with Crippen LogP contribution in [0.25, 0.3) is 33.4 Å². The summed E-state index contributed by atoms with van der Waals surface area (Å²) in [5.74, 6) is -23.0. The zero-order chi connectivity index (χ0) is 25.8. The van der Waals surface area contributed by atoms with Crippen LogP contribution in [0.3, 0.4) is 0 Å². The Morgan fingerprint density at radius 1 is 0.371 bits per heavy atom. The van der Waals surface area contributed by atoms with Gasteiger partial charge in [-0.2, -0.15) is 0 Å². The summed E-state index contributed by atoms with van der Waals surface area (Å²) in [6.45, 7) is 1.66. The minimum absolute atomic E-state index is 0.0610. The van der Waals surface area contributed by atoms with Crippen molar-refractivity contribution in [1.82, 2.24) is 0 Å². The molecule has 0 saturated heterocycles. The van der Waals surface area contributed by atoms with Crippen molar-refractivity contribution in [3.63, 3.8) is 0 Å². The molecule has 0 aliphatic carbocycles. The minimum atomic E-state index is -2.43. The van der Waals surface area contributed by atoms with Gasteiger partial charge in [0.25, 0.3) is 0 Å². The molecule has 0 N–H and O–H groups in total. The lowest BCUT2D eigenvalue weighted by molar-refractivity contribution is 0.381. The smallest absolute Gasteiger partial charge is 0.200 e. The molecule has 0 bridgehead atoms. The third-order valence-corrected chi connectivity index (χ3v) is 5.28. The van der Waals surface area contributed by atoms with Crippen molar-refractivity contribution in [3.8, 4) is 33.4 Å². The van der Waals surface area contributed by atoms with Gasteiger partial charge in [0.1, 0.15) is 0 Å². The SMILES string of the molecule is Cc1cccc(-c2cc(-c3c(F)c(F)c(F)c(F)c3F)cc(-c3c(F)c(F)c(F)c(F)c3F)c2)c1. The summed E-state index contributed by atoms with van der Waals surface area (Å²) in [6.07, 6.45) is 0. The fourth-order valence-electron chi connectivity index (χ4n) is 3.62. The van der Waals surface area contributed by atoms with Gasteiger partial charge in [-0.05, 0) is 47.4 Å². The number of benzene rings is 4. The Labute approximate surface area is 191 Å². The Morgan fingerprint density at radius 3 is 1.09 bits per heavy atom. The molecule has 180 valence electrons. The van der Waals surface area contributed by atoms with E-state index in [0.29, 0.717) is 11.6 Å². The summed E-state index contributed by atoms with van der Waals surface area (Å²) in [4.78, 5) is 0. The van der Waals surface area contributed by atoms with E-state index in [1.807, 2.05) is 0 Å². The normalized spacial score (nSPS) is 11.3. The zero-order valence-corrected chi connectivity index (χ0v) is 17.3. The Balaban J connectivity index is 2.13. The lowest BCUT2D eigenvalue weighted by Gasteiger charge is -2.15. The van der Waals surface area contributed by atoms with E-state index in [9.17, 15) is 43.9 Å². The van der Waals surface area contributed by atoms with Crippen LogP contribution >= 0.6 is 0 Å². The highest BCUT2D eigenvalue weighted by molar-refractivity contribution is 5.82. The molecule has 0 heterocycles. The lowest BCUT2D eigenvalue weighted by atomic mass is 9.91. The average molecular weight is 500 g/mol. The third kappa shape index (κ3) is 3.92. The van der Waals surface area contributed by atoms with Crippen molar-refractivity contribution in [1.29, 1.82) is 0 Å². The van der Waals surface area contributed by atoms with Crippen LogP contribution in [0.15, 0.2) is 42.5 Å². The lowest BCUT2D eigenvalue weighted by Crippen LogP contribution is -2.06. The van der Waals surface area contributed by atoms with Crippen LogP contribution in [0.4, 0.5) is 43.9 Å². The van der Waals surface area contributed by atoms with Crippen LogP contribution in [0.1, 0.15) is 5.56 Å². The van der Waals surface area contributed by atoms with Crippen molar-refractivity contribution in [2.24, 2.45) is 0 Å². The van der Waals surface area contributed by atoms with E-state index in [-0.39, 0.29) is 11.1 Å². The van der Waals surface area contributed by atoms with Crippen LogP contribution in [0.2, 0.25) is 0 Å². The Morgan fingerprint density at radius 2 is 0.714 bits per heavy atom. The van der Waals surface area contributed by atoms with Crippen LogP contribution in [0, 0.1) is 65.1 Å². The van der Waals surface area contributed by atoms with Gasteiger partial charge in [0.2, 0.25) is 11.6 Å². The Hall–Kier alpha value is -3.82. The summed E-state index contributed by atoms with van der Waals surface area (Å²) < 4.78 is 141. The highest BCUT2D eigenvalue weighted by atomic mass is 19.2. The van der Waals surface area contributed by atoms with Gasteiger partial charge < -0.3 is 0 Å². The van der Waals surface area contributed by atoms with Gasteiger partial charge in [0.15, 0.2) is 46.5 Å². The van der Waals surface area contributed by atoms with Crippen LogP contribution in [-0.2, 0) is 0 Å². The van der Waals surface area contributed by atoms with E-state index in [2.05, 4.69) is 0 Å². The van der Waals surface area contributed by atoms with Crippen LogP contribution in [-0.4, -0.2) is 0 Å². The van der Waals surface area contributed by atoms with Crippen molar-refractivity contribution in [2.45, 2.75) is 6.92 Å². The molecule has 0 amide bonds. The molecule has 0 aliphatic rings. The molecule has 0 nitrogen and oxygen atoms in total. The molecule has 0 spiro atoms. The van der Waals surface area contributed by atoms with Gasteiger partial charge >= 0.3 is 0 Å². The van der Waals surface area contributed by atoms with E-state index in [4.69, 9.17) is 0 Å². The Kier molecular flexibility index (Phi) is 6.08. The molecule has 0 atom stereocenters. The molecule has 0 aromatic heterocycles. The highest BCUT2D eigenvalue weighted by Crippen LogP contribution is 2.39. The maximum atomic E-state index is 14.5. The molecular weight excluding hydrogens is 490 g/mol. The number of hydrogen-bond donors (Lipinski definition) is 0. The van der Waals surface area contributed by atoms with E-state index in [0.717, 1.165) is 12.1 Å². The van der Waals surface area contributed by atoms with E-state index in [1.54, 1.807) is 13.0 Å². The molecule has 4 rings (SSSR count). The first-order valence-electron chi connectivity index (χ1n) is 9.69. The fraction of sp³-hybridized carbons (Fsp3) is 0.0400. The molecular formula is C25H10F10. The first kappa shape index (κ1) is 24.3. The zero-order valence-electron chi connectivity index (χ0n) is 17.3. The van der Waals surface area contributed by atoms with E-state index in [1.165, 1.54) is 18.2 Å². The van der Waals surface area contributed by atoms with Gasteiger partial charge in [-0.25, -0.2) is 43.9 Å². The molecule has 0 unspecified atom stereocenters. The largest absolute Gasteiger partial charge is 0.203 e. The molecule has 0 fully saturated rings. The summed E-state index contributed by atoms with van der Waals surface area (Å²) >= 11 is 0. The fourth-order valence-corrected chi connectivity index (χ4v) is 3.62. The molecule has 0 saturated carbocycles. The second-order valence-corrected chi connectivity index (χ2v) is 7.56. The highest BCUT2D eigenvalue weighted by Gasteiger charge is 2.30. The molecule has 0 aliphatic heterocycles. The summed E-state index contributed by atoms with van der Waals surface area (Å²) in [7, 11) is 0. The third-order valence-electron chi connectivity index (χ3n) is 5.28. The predicted molar refractivity (Wildman–Crippen MR) is 107 cm³/mol. The first-order chi connectivity index (χ1) is 16.4. The second-order valence-electron chi connectivity index (χ2n) is 7.56. The van der Waals surface area contributed by atoms with E-state index < -0.39 is 80.4 Å². The standard InChI is InChI=1S/C25H10F10/c1-9-3-2-4-10(5-9)11-6-12(14-16(26)20(30)24(34)21(31)17(14)27)8-13(7-11)15-18(28)22(32)25(35)23(33)19(15)29/h2-8H,1H3.